The standard InChI is InChI=1S/C18H36O/c1-7-11-17(5,6)14-18(19-8-2)12-9-16(10-13-18)15(3)4/h15-16H,7-14H2,1-6H3. The van der Waals surface area contributed by atoms with Crippen LogP contribution in [0.2, 0.25) is 0 Å². The monoisotopic (exact) mass is 268 g/mol. The van der Waals surface area contributed by atoms with E-state index in [0.717, 1.165) is 18.4 Å². The second kappa shape index (κ2) is 7.11. The SMILES string of the molecule is CCCC(C)(C)CC1(OCC)CCC(C(C)C)CC1. The summed E-state index contributed by atoms with van der Waals surface area (Å²) in [5.74, 6) is 1.76. The zero-order valence-corrected chi connectivity index (χ0v) is 14.2. The van der Waals surface area contributed by atoms with Crippen LogP contribution in [0.5, 0.6) is 0 Å². The van der Waals surface area contributed by atoms with Gasteiger partial charge in [-0.1, -0.05) is 41.0 Å². The highest BCUT2D eigenvalue weighted by Gasteiger charge is 2.40. The van der Waals surface area contributed by atoms with Crippen LogP contribution in [0.15, 0.2) is 0 Å². The average molecular weight is 268 g/mol. The van der Waals surface area contributed by atoms with Crippen molar-refractivity contribution in [2.24, 2.45) is 17.3 Å². The number of ether oxygens (including phenoxy) is 1. The molecule has 1 fully saturated rings. The van der Waals surface area contributed by atoms with Crippen LogP contribution in [0, 0.1) is 17.3 Å². The summed E-state index contributed by atoms with van der Waals surface area (Å²) in [5, 5.41) is 0. The van der Waals surface area contributed by atoms with Crippen molar-refractivity contribution in [3.05, 3.63) is 0 Å². The van der Waals surface area contributed by atoms with E-state index in [-0.39, 0.29) is 5.60 Å². The molecule has 0 aromatic heterocycles. The molecule has 1 rings (SSSR count). The fourth-order valence-electron chi connectivity index (χ4n) is 4.15. The molecule has 1 aliphatic carbocycles. The molecule has 0 spiro atoms. The van der Waals surface area contributed by atoms with Gasteiger partial charge in [0.05, 0.1) is 5.60 Å². The van der Waals surface area contributed by atoms with E-state index in [1.54, 1.807) is 0 Å². The van der Waals surface area contributed by atoms with Crippen LogP contribution in [-0.2, 0) is 4.74 Å². The molecule has 0 atom stereocenters. The van der Waals surface area contributed by atoms with E-state index < -0.39 is 0 Å². The summed E-state index contributed by atoms with van der Waals surface area (Å²) in [4.78, 5) is 0. The second-order valence-corrected chi connectivity index (χ2v) is 7.79. The molecular formula is C18H36O. The summed E-state index contributed by atoms with van der Waals surface area (Å²) in [6.45, 7) is 14.9. The highest BCUT2D eigenvalue weighted by molar-refractivity contribution is 4.92. The summed E-state index contributed by atoms with van der Waals surface area (Å²) in [6, 6.07) is 0. The van der Waals surface area contributed by atoms with Gasteiger partial charge >= 0.3 is 0 Å². The van der Waals surface area contributed by atoms with Gasteiger partial charge in [-0.05, 0) is 62.7 Å². The van der Waals surface area contributed by atoms with Crippen LogP contribution in [0.3, 0.4) is 0 Å². The maximum Gasteiger partial charge on any atom is 0.0687 e. The molecule has 0 aromatic carbocycles. The molecular weight excluding hydrogens is 232 g/mol. The Hall–Kier alpha value is -0.0400. The highest BCUT2D eigenvalue weighted by Crippen LogP contribution is 2.45. The summed E-state index contributed by atoms with van der Waals surface area (Å²) in [6.07, 6.45) is 9.11. The second-order valence-electron chi connectivity index (χ2n) is 7.79. The summed E-state index contributed by atoms with van der Waals surface area (Å²) in [5.41, 5.74) is 0.605. The molecule has 0 aromatic rings. The van der Waals surface area contributed by atoms with Crippen molar-refractivity contribution in [1.82, 2.24) is 0 Å². The van der Waals surface area contributed by atoms with Gasteiger partial charge in [0.15, 0.2) is 0 Å². The maximum absolute atomic E-state index is 6.28. The zero-order valence-electron chi connectivity index (χ0n) is 14.2. The van der Waals surface area contributed by atoms with Gasteiger partial charge in [-0.25, -0.2) is 0 Å². The van der Waals surface area contributed by atoms with Gasteiger partial charge in [0.2, 0.25) is 0 Å². The fourth-order valence-corrected chi connectivity index (χ4v) is 4.15. The Bertz CT molecular complexity index is 246. The highest BCUT2D eigenvalue weighted by atomic mass is 16.5. The molecule has 1 heteroatoms. The minimum Gasteiger partial charge on any atom is -0.375 e. The molecule has 19 heavy (non-hydrogen) atoms. The van der Waals surface area contributed by atoms with E-state index in [0.29, 0.717) is 5.41 Å². The third-order valence-electron chi connectivity index (χ3n) is 5.06. The van der Waals surface area contributed by atoms with Crippen molar-refractivity contribution < 1.29 is 4.74 Å². The molecule has 1 nitrogen and oxygen atoms in total. The summed E-state index contributed by atoms with van der Waals surface area (Å²) < 4.78 is 6.28. The molecule has 0 bridgehead atoms. The van der Waals surface area contributed by atoms with Gasteiger partial charge in [0, 0.05) is 6.61 Å². The van der Waals surface area contributed by atoms with Crippen LogP contribution in [0.1, 0.15) is 86.5 Å². The predicted molar refractivity (Wildman–Crippen MR) is 84.5 cm³/mol. The number of rotatable bonds is 7. The first-order chi connectivity index (χ1) is 8.84. The van der Waals surface area contributed by atoms with Gasteiger partial charge in [-0.3, -0.25) is 0 Å². The van der Waals surface area contributed by atoms with E-state index in [9.17, 15) is 0 Å². The minimum absolute atomic E-state index is 0.179. The molecule has 114 valence electrons. The Balaban J connectivity index is 2.66. The lowest BCUT2D eigenvalue weighted by Gasteiger charge is -2.45. The zero-order chi connectivity index (χ0) is 14.5. The molecule has 0 amide bonds. The van der Waals surface area contributed by atoms with E-state index in [1.165, 1.54) is 44.9 Å². The molecule has 0 radical (unpaired) electrons. The molecule has 0 heterocycles. The number of hydrogen-bond acceptors (Lipinski definition) is 1. The lowest BCUT2D eigenvalue weighted by atomic mass is 9.67. The summed E-state index contributed by atoms with van der Waals surface area (Å²) in [7, 11) is 0. The van der Waals surface area contributed by atoms with E-state index >= 15 is 0 Å². The Morgan fingerprint density at radius 2 is 1.74 bits per heavy atom. The van der Waals surface area contributed by atoms with Gasteiger partial charge in [-0.2, -0.15) is 0 Å². The van der Waals surface area contributed by atoms with Crippen molar-refractivity contribution in [1.29, 1.82) is 0 Å². The molecule has 0 N–H and O–H groups in total. The first-order valence-electron chi connectivity index (χ1n) is 8.48. The lowest BCUT2D eigenvalue weighted by Crippen LogP contribution is -2.42. The predicted octanol–water partition coefficient (Wildman–Crippen LogP) is 5.82. The smallest absolute Gasteiger partial charge is 0.0687 e. The Kier molecular flexibility index (Phi) is 6.36. The Labute approximate surface area is 121 Å². The Morgan fingerprint density at radius 3 is 2.16 bits per heavy atom. The number of hydrogen-bond donors (Lipinski definition) is 0. The largest absolute Gasteiger partial charge is 0.375 e. The first-order valence-corrected chi connectivity index (χ1v) is 8.48. The van der Waals surface area contributed by atoms with Crippen LogP contribution in [-0.4, -0.2) is 12.2 Å². The third kappa shape index (κ3) is 5.10. The van der Waals surface area contributed by atoms with E-state index in [4.69, 9.17) is 4.74 Å². The lowest BCUT2D eigenvalue weighted by molar-refractivity contribution is -0.101. The minimum atomic E-state index is 0.179. The van der Waals surface area contributed by atoms with E-state index in [1.807, 2.05) is 0 Å². The van der Waals surface area contributed by atoms with Crippen LogP contribution < -0.4 is 0 Å². The van der Waals surface area contributed by atoms with Crippen LogP contribution in [0.25, 0.3) is 0 Å². The fraction of sp³-hybridized carbons (Fsp3) is 1.00. The van der Waals surface area contributed by atoms with Gasteiger partial charge < -0.3 is 4.74 Å². The Morgan fingerprint density at radius 1 is 1.16 bits per heavy atom. The van der Waals surface area contributed by atoms with Gasteiger partial charge in [-0.15, -0.1) is 0 Å². The van der Waals surface area contributed by atoms with Crippen molar-refractivity contribution in [2.75, 3.05) is 6.61 Å². The van der Waals surface area contributed by atoms with Crippen molar-refractivity contribution >= 4 is 0 Å². The molecule has 0 aliphatic heterocycles. The van der Waals surface area contributed by atoms with Crippen LogP contribution >= 0.6 is 0 Å². The summed E-state index contributed by atoms with van der Waals surface area (Å²) >= 11 is 0. The quantitative estimate of drug-likeness (QED) is 0.565. The van der Waals surface area contributed by atoms with Crippen molar-refractivity contribution in [3.63, 3.8) is 0 Å². The van der Waals surface area contributed by atoms with E-state index in [2.05, 4.69) is 41.5 Å². The first kappa shape index (κ1) is 17.0. The third-order valence-corrected chi connectivity index (χ3v) is 5.06. The maximum atomic E-state index is 6.28. The molecule has 0 unspecified atom stereocenters. The topological polar surface area (TPSA) is 9.23 Å². The average Bonchev–Trinajstić information content (AvgIpc) is 2.28. The molecule has 1 aliphatic rings. The van der Waals surface area contributed by atoms with Crippen molar-refractivity contribution in [2.45, 2.75) is 92.1 Å². The van der Waals surface area contributed by atoms with Crippen molar-refractivity contribution in [3.8, 4) is 0 Å². The molecule has 1 saturated carbocycles. The molecule has 0 saturated heterocycles. The van der Waals surface area contributed by atoms with Crippen LogP contribution in [0.4, 0.5) is 0 Å². The van der Waals surface area contributed by atoms with Gasteiger partial charge in [0.1, 0.15) is 0 Å². The van der Waals surface area contributed by atoms with Gasteiger partial charge in [0.25, 0.3) is 0 Å². The normalized spacial score (nSPS) is 28.9.